The van der Waals surface area contributed by atoms with Gasteiger partial charge in [-0.05, 0) is 37.1 Å². The average molecular weight is 345 g/mol. The number of carbonyl (C=O) groups is 1. The molecule has 0 aliphatic carbocycles. The molecular formula is C21H19N3O2. The Bertz CT molecular complexity index is 1050. The smallest absolute Gasteiger partial charge is 0.326 e. The van der Waals surface area contributed by atoms with Crippen molar-refractivity contribution in [3.05, 3.63) is 70.6 Å². The third-order valence-corrected chi connectivity index (χ3v) is 4.83. The number of aromatic amines is 1. The van der Waals surface area contributed by atoms with Crippen molar-refractivity contribution in [2.45, 2.75) is 18.9 Å². The minimum absolute atomic E-state index is 0.0835. The first kappa shape index (κ1) is 16.2. The van der Waals surface area contributed by atoms with E-state index in [1.807, 2.05) is 59.2 Å². The quantitative estimate of drug-likeness (QED) is 0.689. The maximum Gasteiger partial charge on any atom is 0.326 e. The van der Waals surface area contributed by atoms with Crippen LogP contribution in [0.1, 0.15) is 24.4 Å². The minimum atomic E-state index is -0.154. The predicted octanol–water partition coefficient (Wildman–Crippen LogP) is 2.54. The molecule has 1 aliphatic heterocycles. The van der Waals surface area contributed by atoms with Gasteiger partial charge in [-0.3, -0.25) is 9.36 Å². The summed E-state index contributed by atoms with van der Waals surface area (Å²) in [7, 11) is 0. The van der Waals surface area contributed by atoms with Crippen molar-refractivity contribution in [3.63, 3.8) is 0 Å². The van der Waals surface area contributed by atoms with Crippen molar-refractivity contribution in [1.29, 1.82) is 0 Å². The lowest BCUT2D eigenvalue weighted by atomic mass is 10.0. The van der Waals surface area contributed by atoms with Gasteiger partial charge in [0.15, 0.2) is 0 Å². The first-order chi connectivity index (χ1) is 12.7. The fraction of sp³-hybridized carbons (Fsp3) is 0.238. The molecule has 1 saturated heterocycles. The molecule has 0 spiro atoms. The van der Waals surface area contributed by atoms with Crippen LogP contribution in [0.15, 0.2) is 59.4 Å². The van der Waals surface area contributed by atoms with E-state index in [-0.39, 0.29) is 17.6 Å². The minimum Gasteiger partial charge on any atom is -0.332 e. The van der Waals surface area contributed by atoms with Gasteiger partial charge in [0, 0.05) is 30.6 Å². The van der Waals surface area contributed by atoms with E-state index in [2.05, 4.69) is 16.8 Å². The van der Waals surface area contributed by atoms with Crippen LogP contribution in [0.25, 0.3) is 11.0 Å². The molecule has 1 amide bonds. The maximum atomic E-state index is 12.3. The normalized spacial score (nSPS) is 14.8. The van der Waals surface area contributed by atoms with E-state index >= 15 is 0 Å². The number of rotatable bonds is 1. The number of fused-ring (bicyclic) bond motifs is 1. The summed E-state index contributed by atoms with van der Waals surface area (Å²) in [5.74, 6) is 5.48. The van der Waals surface area contributed by atoms with Gasteiger partial charge < -0.3 is 9.88 Å². The van der Waals surface area contributed by atoms with Crippen LogP contribution in [0.3, 0.4) is 0 Å². The largest absolute Gasteiger partial charge is 0.332 e. The standard InChI is InChI=1S/C21H19N3O2/c25-20(11-10-16-6-2-1-3-7-16)23-14-12-17(13-15-23)24-19-9-5-4-8-18(19)22-21(24)26/h1-9,17H,12-15H2,(H,22,26). The molecule has 2 heterocycles. The van der Waals surface area contributed by atoms with Crippen LogP contribution in [-0.4, -0.2) is 33.4 Å². The molecule has 0 atom stereocenters. The monoisotopic (exact) mass is 345 g/mol. The molecule has 1 aliphatic rings. The highest BCUT2D eigenvalue weighted by atomic mass is 16.2. The summed E-state index contributed by atoms with van der Waals surface area (Å²) < 4.78 is 1.83. The van der Waals surface area contributed by atoms with Crippen LogP contribution >= 0.6 is 0 Å². The lowest BCUT2D eigenvalue weighted by molar-refractivity contribution is -0.126. The summed E-state index contributed by atoms with van der Waals surface area (Å²) in [4.78, 5) is 29.3. The van der Waals surface area contributed by atoms with E-state index in [1.54, 1.807) is 4.90 Å². The Morgan fingerprint density at radius 2 is 1.69 bits per heavy atom. The van der Waals surface area contributed by atoms with Crippen molar-refractivity contribution in [3.8, 4) is 11.8 Å². The summed E-state index contributed by atoms with van der Waals surface area (Å²) in [6.45, 7) is 1.22. The van der Waals surface area contributed by atoms with Gasteiger partial charge in [-0.2, -0.15) is 0 Å². The first-order valence-corrected chi connectivity index (χ1v) is 8.77. The van der Waals surface area contributed by atoms with Crippen LogP contribution in [0, 0.1) is 11.8 Å². The van der Waals surface area contributed by atoms with E-state index < -0.39 is 0 Å². The predicted molar refractivity (Wildman–Crippen MR) is 101 cm³/mol. The summed E-state index contributed by atoms with van der Waals surface area (Å²) >= 11 is 0. The van der Waals surface area contributed by atoms with E-state index in [0.29, 0.717) is 13.1 Å². The van der Waals surface area contributed by atoms with Gasteiger partial charge in [-0.15, -0.1) is 0 Å². The summed E-state index contributed by atoms with van der Waals surface area (Å²) in [5, 5.41) is 0. The molecule has 1 N–H and O–H groups in total. The van der Waals surface area contributed by atoms with Crippen molar-refractivity contribution in [2.75, 3.05) is 13.1 Å². The van der Waals surface area contributed by atoms with Gasteiger partial charge >= 0.3 is 5.69 Å². The SMILES string of the molecule is O=C(C#Cc1ccccc1)N1CCC(n2c(=O)[nH]c3ccccc32)CC1. The first-order valence-electron chi connectivity index (χ1n) is 8.77. The van der Waals surface area contributed by atoms with Gasteiger partial charge in [0.25, 0.3) is 5.91 Å². The topological polar surface area (TPSA) is 58.1 Å². The van der Waals surface area contributed by atoms with Crippen molar-refractivity contribution < 1.29 is 4.79 Å². The van der Waals surface area contributed by atoms with Gasteiger partial charge in [-0.1, -0.05) is 36.3 Å². The Morgan fingerprint density at radius 3 is 2.46 bits per heavy atom. The number of H-pyrrole nitrogens is 1. The van der Waals surface area contributed by atoms with E-state index in [0.717, 1.165) is 29.4 Å². The molecule has 0 unspecified atom stereocenters. The number of hydrogen-bond acceptors (Lipinski definition) is 2. The molecule has 5 heteroatoms. The van der Waals surface area contributed by atoms with Crippen molar-refractivity contribution >= 4 is 16.9 Å². The van der Waals surface area contributed by atoms with Gasteiger partial charge in [0.1, 0.15) is 0 Å². The number of nitrogens with zero attached hydrogens (tertiary/aromatic N) is 2. The fourth-order valence-corrected chi connectivity index (χ4v) is 3.49. The Hall–Kier alpha value is -3.26. The molecule has 0 radical (unpaired) electrons. The lowest BCUT2D eigenvalue weighted by Crippen LogP contribution is -2.40. The van der Waals surface area contributed by atoms with Crippen LogP contribution in [0.2, 0.25) is 0 Å². The number of nitrogens with one attached hydrogen (secondary N) is 1. The number of carbonyl (C=O) groups excluding carboxylic acids is 1. The van der Waals surface area contributed by atoms with Gasteiger partial charge in [-0.25, -0.2) is 4.79 Å². The van der Waals surface area contributed by atoms with Crippen LogP contribution in [-0.2, 0) is 4.79 Å². The molecule has 4 rings (SSSR count). The number of likely N-dealkylation sites (tertiary alicyclic amines) is 1. The van der Waals surface area contributed by atoms with E-state index in [4.69, 9.17) is 0 Å². The average Bonchev–Trinajstić information content (AvgIpc) is 3.03. The zero-order chi connectivity index (χ0) is 17.9. The molecule has 26 heavy (non-hydrogen) atoms. The lowest BCUT2D eigenvalue weighted by Gasteiger charge is -2.31. The second-order valence-corrected chi connectivity index (χ2v) is 6.46. The third-order valence-electron chi connectivity index (χ3n) is 4.83. The second-order valence-electron chi connectivity index (χ2n) is 6.46. The zero-order valence-electron chi connectivity index (χ0n) is 14.3. The number of aromatic nitrogens is 2. The number of para-hydroxylation sites is 2. The zero-order valence-corrected chi connectivity index (χ0v) is 14.3. The fourth-order valence-electron chi connectivity index (χ4n) is 3.49. The highest BCUT2D eigenvalue weighted by Crippen LogP contribution is 2.24. The summed E-state index contributed by atoms with van der Waals surface area (Å²) in [6, 6.07) is 17.3. The molecule has 2 aromatic carbocycles. The Morgan fingerprint density at radius 1 is 1.00 bits per heavy atom. The Labute approximate surface area is 151 Å². The highest BCUT2D eigenvalue weighted by molar-refractivity contribution is 5.94. The summed E-state index contributed by atoms with van der Waals surface area (Å²) in [5.41, 5.74) is 2.52. The Kier molecular flexibility index (Phi) is 4.32. The van der Waals surface area contributed by atoms with E-state index in [9.17, 15) is 9.59 Å². The number of piperidine rings is 1. The Balaban J connectivity index is 1.46. The highest BCUT2D eigenvalue weighted by Gasteiger charge is 2.25. The molecule has 3 aromatic rings. The van der Waals surface area contributed by atoms with Crippen LogP contribution in [0.5, 0.6) is 0 Å². The number of imidazole rings is 1. The van der Waals surface area contributed by atoms with Gasteiger partial charge in [0.05, 0.1) is 11.0 Å². The number of amides is 1. The van der Waals surface area contributed by atoms with Gasteiger partial charge in [0.2, 0.25) is 0 Å². The number of hydrogen-bond donors (Lipinski definition) is 1. The molecule has 5 nitrogen and oxygen atoms in total. The van der Waals surface area contributed by atoms with Crippen LogP contribution < -0.4 is 5.69 Å². The third kappa shape index (κ3) is 3.14. The maximum absolute atomic E-state index is 12.3. The molecule has 0 saturated carbocycles. The number of benzene rings is 2. The molecule has 1 fully saturated rings. The van der Waals surface area contributed by atoms with Crippen LogP contribution in [0.4, 0.5) is 0 Å². The molecular weight excluding hydrogens is 326 g/mol. The van der Waals surface area contributed by atoms with Crippen molar-refractivity contribution in [1.82, 2.24) is 14.5 Å². The molecule has 1 aromatic heterocycles. The van der Waals surface area contributed by atoms with E-state index in [1.165, 1.54) is 0 Å². The molecule has 0 bridgehead atoms. The summed E-state index contributed by atoms with van der Waals surface area (Å²) in [6.07, 6.45) is 1.50. The second kappa shape index (κ2) is 6.93. The molecule has 130 valence electrons. The van der Waals surface area contributed by atoms with Crippen molar-refractivity contribution in [2.24, 2.45) is 0 Å².